The van der Waals surface area contributed by atoms with Gasteiger partial charge in [-0.05, 0) is 49.1 Å². The Morgan fingerprint density at radius 1 is 0.806 bits per heavy atom. The van der Waals surface area contributed by atoms with E-state index in [1.165, 1.54) is 11.1 Å². The van der Waals surface area contributed by atoms with Gasteiger partial charge in [0.1, 0.15) is 0 Å². The number of hydrogen-bond donors (Lipinski definition) is 1. The number of nitrogens with zero attached hydrogens (tertiary/aromatic N) is 1. The van der Waals surface area contributed by atoms with E-state index in [-0.39, 0.29) is 24.4 Å². The minimum atomic E-state index is 0. The molecule has 1 aliphatic rings. The van der Waals surface area contributed by atoms with Crippen LogP contribution in [0.5, 0.6) is 0 Å². The summed E-state index contributed by atoms with van der Waals surface area (Å²) in [5, 5.41) is 3.21. The first-order valence-electron chi connectivity index (χ1n) is 11.0. The molecular formula is C27H31ClN2O. The monoisotopic (exact) mass is 434 g/mol. The molecule has 0 spiro atoms. The van der Waals surface area contributed by atoms with Crippen LogP contribution in [0.2, 0.25) is 0 Å². The summed E-state index contributed by atoms with van der Waals surface area (Å²) in [6, 6.07) is 31.4. The van der Waals surface area contributed by atoms with Gasteiger partial charge in [-0.25, -0.2) is 0 Å². The first-order chi connectivity index (χ1) is 14.8. The molecule has 1 heterocycles. The molecule has 3 aromatic rings. The molecule has 3 aromatic carbocycles. The highest BCUT2D eigenvalue weighted by Gasteiger charge is 2.22. The van der Waals surface area contributed by atoms with Crippen molar-refractivity contribution < 1.29 is 4.79 Å². The lowest BCUT2D eigenvalue weighted by Gasteiger charge is -2.33. The number of hydrogen-bond acceptors (Lipinski definition) is 2. The Labute approximate surface area is 191 Å². The Morgan fingerprint density at radius 3 is 1.81 bits per heavy atom. The third-order valence-corrected chi connectivity index (χ3v) is 6.10. The van der Waals surface area contributed by atoms with E-state index in [4.69, 9.17) is 0 Å². The summed E-state index contributed by atoms with van der Waals surface area (Å²) in [7, 11) is 0. The molecule has 1 aliphatic heterocycles. The van der Waals surface area contributed by atoms with Crippen LogP contribution in [0.3, 0.4) is 0 Å². The van der Waals surface area contributed by atoms with E-state index in [2.05, 4.69) is 70.9 Å². The van der Waals surface area contributed by atoms with Crippen molar-refractivity contribution >= 4 is 18.3 Å². The van der Waals surface area contributed by atoms with Gasteiger partial charge in [-0.15, -0.1) is 12.4 Å². The number of likely N-dealkylation sites (tertiary alicyclic amines) is 1. The highest BCUT2D eigenvalue weighted by molar-refractivity contribution is 5.94. The highest BCUT2D eigenvalue weighted by atomic mass is 35.5. The Morgan fingerprint density at radius 2 is 1.29 bits per heavy atom. The van der Waals surface area contributed by atoms with Gasteiger partial charge in [0.2, 0.25) is 0 Å². The van der Waals surface area contributed by atoms with E-state index in [0.29, 0.717) is 5.92 Å². The van der Waals surface area contributed by atoms with Gasteiger partial charge in [-0.1, -0.05) is 78.9 Å². The van der Waals surface area contributed by atoms with Crippen LogP contribution < -0.4 is 5.32 Å². The second-order valence-corrected chi connectivity index (χ2v) is 8.12. The molecule has 0 unspecified atom stereocenters. The van der Waals surface area contributed by atoms with Gasteiger partial charge in [0.25, 0.3) is 5.91 Å². The number of halogens is 1. The van der Waals surface area contributed by atoms with Crippen LogP contribution in [0.15, 0.2) is 91.0 Å². The molecule has 0 radical (unpaired) electrons. The zero-order valence-corrected chi connectivity index (χ0v) is 18.6. The summed E-state index contributed by atoms with van der Waals surface area (Å²) in [6.07, 6.45) is 3.13. The average molecular weight is 435 g/mol. The number of amides is 1. The average Bonchev–Trinajstić information content (AvgIpc) is 2.82. The van der Waals surface area contributed by atoms with Crippen molar-refractivity contribution in [3.8, 4) is 0 Å². The van der Waals surface area contributed by atoms with Crippen molar-refractivity contribution in [2.45, 2.75) is 31.2 Å². The first kappa shape index (κ1) is 23.1. The zero-order chi connectivity index (χ0) is 20.6. The van der Waals surface area contributed by atoms with E-state index in [0.717, 1.165) is 44.5 Å². The zero-order valence-electron chi connectivity index (χ0n) is 17.8. The molecule has 1 N–H and O–H groups in total. The molecular weight excluding hydrogens is 404 g/mol. The third kappa shape index (κ3) is 6.43. The smallest absolute Gasteiger partial charge is 0.251 e. The van der Waals surface area contributed by atoms with Gasteiger partial charge >= 0.3 is 0 Å². The maximum Gasteiger partial charge on any atom is 0.251 e. The fourth-order valence-corrected chi connectivity index (χ4v) is 4.37. The van der Waals surface area contributed by atoms with E-state index >= 15 is 0 Å². The second kappa shape index (κ2) is 11.7. The molecule has 0 bridgehead atoms. The molecule has 0 saturated carbocycles. The van der Waals surface area contributed by atoms with E-state index in [9.17, 15) is 4.79 Å². The summed E-state index contributed by atoms with van der Waals surface area (Å²) in [6.45, 7) is 3.15. The Hall–Kier alpha value is -2.62. The summed E-state index contributed by atoms with van der Waals surface area (Å²) in [4.78, 5) is 14.9. The summed E-state index contributed by atoms with van der Waals surface area (Å²) < 4.78 is 0. The lowest BCUT2D eigenvalue weighted by molar-refractivity contribution is 0.0910. The molecule has 0 aliphatic carbocycles. The molecule has 3 nitrogen and oxygen atoms in total. The summed E-state index contributed by atoms with van der Waals surface area (Å²) in [5.41, 5.74) is 3.51. The first-order valence-corrected chi connectivity index (χ1v) is 11.0. The Kier molecular flexibility index (Phi) is 8.69. The molecule has 1 fully saturated rings. The van der Waals surface area contributed by atoms with Crippen LogP contribution in [-0.2, 0) is 0 Å². The number of benzene rings is 3. The van der Waals surface area contributed by atoms with Gasteiger partial charge < -0.3 is 10.2 Å². The molecule has 4 heteroatoms. The SMILES string of the molecule is Cl.O=C(NC1CCN(CCC(c2ccccc2)c2ccccc2)CC1)c1ccccc1. The fraction of sp³-hybridized carbons (Fsp3) is 0.296. The standard InChI is InChI=1S/C27H30N2O.ClH/c30-27(24-14-8-3-9-15-24)28-25-16-19-29(20-17-25)21-18-26(22-10-4-1-5-11-22)23-12-6-2-7-13-23;/h1-15,25-26H,16-21H2,(H,28,30);1H. The van der Waals surface area contributed by atoms with Crippen LogP contribution in [-0.4, -0.2) is 36.5 Å². The molecule has 31 heavy (non-hydrogen) atoms. The van der Waals surface area contributed by atoms with E-state index in [1.807, 2.05) is 30.3 Å². The normalized spacial score (nSPS) is 14.7. The van der Waals surface area contributed by atoms with Crippen molar-refractivity contribution in [3.05, 3.63) is 108 Å². The van der Waals surface area contributed by atoms with Crippen LogP contribution in [0, 0.1) is 0 Å². The van der Waals surface area contributed by atoms with Crippen molar-refractivity contribution in [1.82, 2.24) is 10.2 Å². The van der Waals surface area contributed by atoms with Crippen molar-refractivity contribution in [1.29, 1.82) is 0 Å². The maximum atomic E-state index is 12.4. The minimum absolute atomic E-state index is 0. The van der Waals surface area contributed by atoms with E-state index < -0.39 is 0 Å². The Bertz CT molecular complexity index is 870. The molecule has 0 aromatic heterocycles. The lowest BCUT2D eigenvalue weighted by Crippen LogP contribution is -2.45. The Balaban J connectivity index is 0.00000272. The third-order valence-electron chi connectivity index (χ3n) is 6.10. The molecule has 1 saturated heterocycles. The number of piperidine rings is 1. The van der Waals surface area contributed by atoms with Crippen molar-refractivity contribution in [2.75, 3.05) is 19.6 Å². The van der Waals surface area contributed by atoms with Gasteiger partial charge in [-0.2, -0.15) is 0 Å². The predicted molar refractivity (Wildman–Crippen MR) is 130 cm³/mol. The lowest BCUT2D eigenvalue weighted by atomic mass is 9.88. The molecule has 0 atom stereocenters. The van der Waals surface area contributed by atoms with E-state index in [1.54, 1.807) is 0 Å². The topological polar surface area (TPSA) is 32.3 Å². The van der Waals surface area contributed by atoms with Gasteiger partial charge in [0, 0.05) is 30.6 Å². The molecule has 4 rings (SSSR count). The number of carbonyl (C=O) groups excluding carboxylic acids is 1. The number of rotatable bonds is 7. The van der Waals surface area contributed by atoms with Crippen LogP contribution in [0.1, 0.15) is 46.7 Å². The van der Waals surface area contributed by atoms with Gasteiger partial charge in [0.05, 0.1) is 0 Å². The molecule has 162 valence electrons. The minimum Gasteiger partial charge on any atom is -0.349 e. The van der Waals surface area contributed by atoms with Crippen LogP contribution in [0.4, 0.5) is 0 Å². The summed E-state index contributed by atoms with van der Waals surface area (Å²) >= 11 is 0. The fourth-order valence-electron chi connectivity index (χ4n) is 4.37. The maximum absolute atomic E-state index is 12.4. The van der Waals surface area contributed by atoms with Gasteiger partial charge in [0.15, 0.2) is 0 Å². The number of nitrogens with one attached hydrogen (secondary N) is 1. The second-order valence-electron chi connectivity index (χ2n) is 8.12. The van der Waals surface area contributed by atoms with Crippen LogP contribution in [0.25, 0.3) is 0 Å². The van der Waals surface area contributed by atoms with Crippen molar-refractivity contribution in [2.24, 2.45) is 0 Å². The van der Waals surface area contributed by atoms with Gasteiger partial charge in [-0.3, -0.25) is 4.79 Å². The molecule has 1 amide bonds. The van der Waals surface area contributed by atoms with Crippen molar-refractivity contribution in [3.63, 3.8) is 0 Å². The van der Waals surface area contributed by atoms with Crippen LogP contribution >= 0.6 is 12.4 Å². The predicted octanol–water partition coefficient (Wildman–Crippen LogP) is 5.52. The highest BCUT2D eigenvalue weighted by Crippen LogP contribution is 2.28. The number of carbonyl (C=O) groups is 1. The summed E-state index contributed by atoms with van der Waals surface area (Å²) in [5.74, 6) is 0.463. The quantitative estimate of drug-likeness (QED) is 0.530. The largest absolute Gasteiger partial charge is 0.349 e.